The first-order valence-electron chi connectivity index (χ1n) is 8.31. The Balaban J connectivity index is 2.41. The first-order chi connectivity index (χ1) is 13.3. The standard InChI is InChI=1S/C21H17O5PS/c22-21(23)14-15-27(17-8-3-1-4-9-17,18-10-5-2-6-11-18)19-12-7-13-20(16-19)28(24,25)26/h1-16H,(H-,22,23,24,25,26)/p-1/b15-14-. The van der Waals surface area contributed by atoms with Gasteiger partial charge in [0.25, 0.3) is 0 Å². The summed E-state index contributed by atoms with van der Waals surface area (Å²) in [4.78, 5) is 10.9. The van der Waals surface area contributed by atoms with E-state index in [1.54, 1.807) is 11.9 Å². The molecule has 142 valence electrons. The van der Waals surface area contributed by atoms with Gasteiger partial charge in [-0.15, -0.1) is 0 Å². The quantitative estimate of drug-likeness (QED) is 0.344. The van der Waals surface area contributed by atoms with Gasteiger partial charge in [-0.2, -0.15) is 0 Å². The van der Waals surface area contributed by atoms with Crippen LogP contribution >= 0.6 is 7.26 Å². The molecular formula is C21H16O5PS-. The van der Waals surface area contributed by atoms with E-state index in [4.69, 9.17) is 0 Å². The third-order valence-electron chi connectivity index (χ3n) is 4.27. The molecule has 28 heavy (non-hydrogen) atoms. The molecule has 0 saturated carbocycles. The summed E-state index contributed by atoms with van der Waals surface area (Å²) in [6, 6.07) is 24.2. The molecule has 3 rings (SSSR count). The molecule has 5 nitrogen and oxygen atoms in total. The van der Waals surface area contributed by atoms with Gasteiger partial charge in [0.15, 0.2) is 0 Å². The molecular weight excluding hydrogens is 395 g/mol. The number of hydrogen-bond acceptors (Lipinski definition) is 5. The van der Waals surface area contributed by atoms with Gasteiger partial charge < -0.3 is 14.5 Å². The molecule has 0 spiro atoms. The minimum absolute atomic E-state index is 0.358. The molecule has 0 saturated heterocycles. The summed E-state index contributed by atoms with van der Waals surface area (Å²) < 4.78 is 34.8. The first kappa shape index (κ1) is 20.0. The lowest BCUT2D eigenvalue weighted by Gasteiger charge is -2.24. The van der Waals surface area contributed by atoms with Crippen molar-refractivity contribution in [2.75, 3.05) is 0 Å². The fourth-order valence-corrected chi connectivity index (χ4v) is 7.37. The summed E-state index contributed by atoms with van der Waals surface area (Å²) in [6.45, 7) is 0. The van der Waals surface area contributed by atoms with E-state index in [2.05, 4.69) is 0 Å². The molecule has 0 aliphatic heterocycles. The molecule has 3 aromatic rings. The Morgan fingerprint density at radius 1 is 0.786 bits per heavy atom. The number of carbonyl (C=O) groups excluding carboxylic acids is 1. The van der Waals surface area contributed by atoms with Crippen LogP contribution in [0, 0.1) is 0 Å². The molecule has 0 fully saturated rings. The van der Waals surface area contributed by atoms with E-state index in [-0.39, 0.29) is 4.90 Å². The number of carboxylic acid groups (broad SMARTS) is 1. The fourth-order valence-electron chi connectivity index (χ4n) is 3.06. The van der Waals surface area contributed by atoms with Gasteiger partial charge in [-0.25, -0.2) is 8.42 Å². The maximum absolute atomic E-state index is 11.6. The zero-order chi connectivity index (χ0) is 20.2. The van der Waals surface area contributed by atoms with Crippen LogP contribution in [0.15, 0.2) is 102 Å². The molecule has 3 aromatic carbocycles. The zero-order valence-electron chi connectivity index (χ0n) is 14.6. The summed E-state index contributed by atoms with van der Waals surface area (Å²) in [5.41, 5.74) is 0. The van der Waals surface area contributed by atoms with E-state index < -0.39 is 23.3 Å². The van der Waals surface area contributed by atoms with E-state index in [1.165, 1.54) is 18.2 Å². The van der Waals surface area contributed by atoms with Gasteiger partial charge >= 0.3 is 0 Å². The van der Waals surface area contributed by atoms with Crippen LogP contribution in [0.25, 0.3) is 0 Å². The van der Waals surface area contributed by atoms with Crippen molar-refractivity contribution in [1.82, 2.24) is 0 Å². The molecule has 0 radical (unpaired) electrons. The van der Waals surface area contributed by atoms with Crippen LogP contribution in [-0.4, -0.2) is 18.9 Å². The predicted molar refractivity (Wildman–Crippen MR) is 107 cm³/mol. The largest absolute Gasteiger partial charge is 0.744 e. The topological polar surface area (TPSA) is 97.3 Å². The van der Waals surface area contributed by atoms with E-state index in [1.807, 2.05) is 60.7 Å². The second-order valence-corrected chi connectivity index (χ2v) is 10.7. The highest BCUT2D eigenvalue weighted by atomic mass is 32.2. The molecule has 0 atom stereocenters. The Morgan fingerprint density at radius 3 is 1.75 bits per heavy atom. The number of hydrogen-bond donors (Lipinski definition) is 0. The Kier molecular flexibility index (Phi) is 5.75. The maximum Gasteiger partial charge on any atom is 0.137 e. The van der Waals surface area contributed by atoms with Gasteiger partial charge in [0.2, 0.25) is 0 Å². The molecule has 7 heteroatoms. The number of benzene rings is 3. The van der Waals surface area contributed by atoms with Crippen LogP contribution in [0.5, 0.6) is 0 Å². The smallest absolute Gasteiger partial charge is 0.137 e. The lowest BCUT2D eigenvalue weighted by Crippen LogP contribution is -2.30. The Morgan fingerprint density at radius 2 is 1.29 bits per heavy atom. The van der Waals surface area contributed by atoms with Crippen LogP contribution in [0.1, 0.15) is 0 Å². The van der Waals surface area contributed by atoms with Crippen molar-refractivity contribution in [3.63, 3.8) is 0 Å². The molecule has 0 bridgehead atoms. The van der Waals surface area contributed by atoms with Gasteiger partial charge in [-0.3, -0.25) is 0 Å². The average Bonchev–Trinajstić information content (AvgIpc) is 2.70. The highest BCUT2D eigenvalue weighted by Gasteiger charge is 2.43. The highest BCUT2D eigenvalue weighted by Crippen LogP contribution is 2.57. The van der Waals surface area contributed by atoms with E-state index in [0.717, 1.165) is 16.7 Å². The van der Waals surface area contributed by atoms with Crippen molar-refractivity contribution in [3.8, 4) is 0 Å². The lowest BCUT2D eigenvalue weighted by atomic mass is 10.3. The van der Waals surface area contributed by atoms with Crippen molar-refractivity contribution < 1.29 is 22.9 Å². The maximum atomic E-state index is 11.6. The van der Waals surface area contributed by atoms with Gasteiger partial charge in [0.05, 0.1) is 16.7 Å². The van der Waals surface area contributed by atoms with Crippen LogP contribution in [0.2, 0.25) is 0 Å². The molecule has 0 heterocycles. The second kappa shape index (κ2) is 8.07. The summed E-state index contributed by atoms with van der Waals surface area (Å²) >= 11 is 0. The van der Waals surface area contributed by atoms with Crippen molar-refractivity contribution >= 4 is 39.3 Å². The van der Waals surface area contributed by atoms with Crippen molar-refractivity contribution in [3.05, 3.63) is 96.8 Å². The van der Waals surface area contributed by atoms with Crippen LogP contribution in [-0.2, 0) is 14.9 Å². The van der Waals surface area contributed by atoms with Crippen molar-refractivity contribution in [2.24, 2.45) is 0 Å². The Bertz CT molecular complexity index is 1070. The fraction of sp³-hybridized carbons (Fsp3) is 0. The van der Waals surface area contributed by atoms with Crippen LogP contribution < -0.4 is 21.0 Å². The van der Waals surface area contributed by atoms with Gasteiger partial charge in [-0.1, -0.05) is 42.5 Å². The highest BCUT2D eigenvalue weighted by molar-refractivity contribution is 7.98. The van der Waals surface area contributed by atoms with Gasteiger partial charge in [0, 0.05) is 0 Å². The summed E-state index contributed by atoms with van der Waals surface area (Å²) in [5, 5.41) is 13.4. The predicted octanol–water partition coefficient (Wildman–Crippen LogP) is 1.15. The monoisotopic (exact) mass is 411 g/mol. The second-order valence-electron chi connectivity index (χ2n) is 5.98. The summed E-state index contributed by atoms with van der Waals surface area (Å²) in [5.74, 6) is 0.202. The van der Waals surface area contributed by atoms with Crippen LogP contribution in [0.3, 0.4) is 0 Å². The van der Waals surface area contributed by atoms with Crippen molar-refractivity contribution in [1.29, 1.82) is 0 Å². The minimum Gasteiger partial charge on any atom is -0.744 e. The molecule has 0 aliphatic carbocycles. The average molecular weight is 411 g/mol. The number of rotatable bonds is 6. The molecule has 0 unspecified atom stereocenters. The van der Waals surface area contributed by atoms with Crippen LogP contribution in [0.4, 0.5) is 0 Å². The summed E-state index contributed by atoms with van der Waals surface area (Å²) in [6.07, 6.45) is 0.964. The molecule has 0 amide bonds. The first-order valence-corrected chi connectivity index (χ1v) is 11.6. The SMILES string of the molecule is O=C([O-])/C=C\[P+](c1ccccc1)(c1ccccc1)c1cccc(S(=O)(=O)[O-])c1. The lowest BCUT2D eigenvalue weighted by molar-refractivity contribution is -0.297. The number of carbonyl (C=O) groups is 1. The Hall–Kier alpha value is -2.79. The van der Waals surface area contributed by atoms with Gasteiger partial charge in [0.1, 0.15) is 33.3 Å². The third kappa shape index (κ3) is 4.04. The van der Waals surface area contributed by atoms with E-state index in [0.29, 0.717) is 5.30 Å². The van der Waals surface area contributed by atoms with Crippen molar-refractivity contribution in [2.45, 2.75) is 4.90 Å². The third-order valence-corrected chi connectivity index (χ3v) is 9.02. The summed E-state index contributed by atoms with van der Waals surface area (Å²) in [7, 11) is -7.37. The minimum atomic E-state index is -4.67. The van der Waals surface area contributed by atoms with E-state index in [9.17, 15) is 22.9 Å². The molecule has 0 N–H and O–H groups in total. The molecule has 0 aliphatic rings. The Labute approximate surface area is 164 Å². The number of carboxylic acids is 1. The van der Waals surface area contributed by atoms with E-state index >= 15 is 0 Å². The number of aliphatic carboxylic acids is 1. The van der Waals surface area contributed by atoms with Gasteiger partial charge in [-0.05, 0) is 48.5 Å². The normalized spacial score (nSPS) is 12.2. The molecule has 0 aromatic heterocycles. The zero-order valence-corrected chi connectivity index (χ0v) is 16.3.